The molecular weight excluding hydrogens is 266 g/mol. The summed E-state index contributed by atoms with van der Waals surface area (Å²) in [6.07, 6.45) is 1.23. The van der Waals surface area contributed by atoms with Gasteiger partial charge in [-0.05, 0) is 0 Å². The second-order valence-corrected chi connectivity index (χ2v) is 4.49. The van der Waals surface area contributed by atoms with Gasteiger partial charge in [0, 0.05) is 5.92 Å². The quantitative estimate of drug-likeness (QED) is 0.710. The molecule has 20 heavy (non-hydrogen) atoms. The fourth-order valence-electron chi connectivity index (χ4n) is 1.53. The first kappa shape index (κ1) is 13.7. The molecule has 2 heterocycles. The van der Waals surface area contributed by atoms with E-state index in [1.54, 1.807) is 13.8 Å². The Balaban J connectivity index is 2.46. The molecule has 0 aliphatic heterocycles. The minimum atomic E-state index is -1.11. The molecule has 0 atom stereocenters. The highest BCUT2D eigenvalue weighted by Crippen LogP contribution is 2.09. The maximum Gasteiger partial charge on any atom is 0.325 e. The van der Waals surface area contributed by atoms with Crippen LogP contribution in [0.2, 0.25) is 0 Å². The molecule has 106 valence electrons. The Morgan fingerprint density at radius 3 is 2.80 bits per heavy atom. The van der Waals surface area contributed by atoms with Crippen LogP contribution in [0.25, 0.3) is 11.0 Å². The predicted molar refractivity (Wildman–Crippen MR) is 69.3 cm³/mol. The summed E-state index contributed by atoms with van der Waals surface area (Å²) in [6, 6.07) is 0. The van der Waals surface area contributed by atoms with Crippen LogP contribution in [0.15, 0.2) is 11.0 Å². The van der Waals surface area contributed by atoms with E-state index in [-0.39, 0.29) is 28.8 Å². The third kappa shape index (κ3) is 2.66. The van der Waals surface area contributed by atoms with Crippen LogP contribution in [0, 0.1) is 5.92 Å². The summed E-state index contributed by atoms with van der Waals surface area (Å²) in [5.41, 5.74) is -0.388. The molecular formula is C11H13N5O4. The number of fused-ring (bicyclic) bond motifs is 1. The number of aromatic amines is 1. The van der Waals surface area contributed by atoms with Gasteiger partial charge in [-0.2, -0.15) is 10.1 Å². The Kier molecular flexibility index (Phi) is 3.51. The van der Waals surface area contributed by atoms with E-state index in [2.05, 4.69) is 20.4 Å². The lowest BCUT2D eigenvalue weighted by Crippen LogP contribution is -2.22. The van der Waals surface area contributed by atoms with Crippen molar-refractivity contribution in [1.82, 2.24) is 19.7 Å². The summed E-state index contributed by atoms with van der Waals surface area (Å²) >= 11 is 0. The van der Waals surface area contributed by atoms with Crippen LogP contribution in [0.4, 0.5) is 5.95 Å². The van der Waals surface area contributed by atoms with E-state index in [0.717, 1.165) is 4.68 Å². The van der Waals surface area contributed by atoms with Crippen LogP contribution in [-0.2, 0) is 16.1 Å². The fraction of sp³-hybridized carbons (Fsp3) is 0.364. The normalized spacial score (nSPS) is 10.9. The van der Waals surface area contributed by atoms with E-state index in [9.17, 15) is 14.4 Å². The summed E-state index contributed by atoms with van der Waals surface area (Å²) in [6.45, 7) is 2.97. The molecule has 0 aliphatic carbocycles. The zero-order chi connectivity index (χ0) is 14.9. The van der Waals surface area contributed by atoms with E-state index in [4.69, 9.17) is 5.11 Å². The minimum Gasteiger partial charge on any atom is -0.480 e. The van der Waals surface area contributed by atoms with E-state index in [1.165, 1.54) is 6.20 Å². The molecule has 2 aromatic rings. The lowest BCUT2D eigenvalue weighted by Gasteiger charge is -2.06. The van der Waals surface area contributed by atoms with Crippen LogP contribution in [0.1, 0.15) is 13.8 Å². The molecule has 2 rings (SSSR count). The molecule has 2 aromatic heterocycles. The van der Waals surface area contributed by atoms with Crippen molar-refractivity contribution < 1.29 is 14.7 Å². The Hall–Kier alpha value is -2.71. The predicted octanol–water partition coefficient (Wildman–Crippen LogP) is -0.201. The molecule has 0 bridgehead atoms. The number of anilines is 1. The number of nitrogens with one attached hydrogen (secondary N) is 2. The van der Waals surface area contributed by atoms with Crippen molar-refractivity contribution in [2.75, 3.05) is 5.32 Å². The van der Waals surface area contributed by atoms with Gasteiger partial charge in [0.15, 0.2) is 5.65 Å². The fourth-order valence-corrected chi connectivity index (χ4v) is 1.53. The highest BCUT2D eigenvalue weighted by atomic mass is 16.4. The van der Waals surface area contributed by atoms with Gasteiger partial charge in [0.1, 0.15) is 11.9 Å². The number of nitrogens with zero attached hydrogens (tertiary/aromatic N) is 3. The van der Waals surface area contributed by atoms with E-state index < -0.39 is 18.1 Å². The van der Waals surface area contributed by atoms with E-state index in [0.29, 0.717) is 0 Å². The summed E-state index contributed by atoms with van der Waals surface area (Å²) < 4.78 is 1.08. The van der Waals surface area contributed by atoms with Crippen molar-refractivity contribution >= 4 is 28.9 Å². The van der Waals surface area contributed by atoms with Crippen LogP contribution in [-0.4, -0.2) is 36.7 Å². The second kappa shape index (κ2) is 5.11. The lowest BCUT2D eigenvalue weighted by molar-refractivity contribution is -0.137. The Morgan fingerprint density at radius 1 is 1.50 bits per heavy atom. The van der Waals surface area contributed by atoms with Gasteiger partial charge in [0.2, 0.25) is 11.9 Å². The van der Waals surface area contributed by atoms with Crippen molar-refractivity contribution in [2.24, 2.45) is 5.92 Å². The second-order valence-electron chi connectivity index (χ2n) is 4.49. The van der Waals surface area contributed by atoms with Gasteiger partial charge in [-0.1, -0.05) is 13.8 Å². The summed E-state index contributed by atoms with van der Waals surface area (Å²) in [5, 5.41) is 15.2. The summed E-state index contributed by atoms with van der Waals surface area (Å²) in [7, 11) is 0. The minimum absolute atomic E-state index is 0.0339. The highest BCUT2D eigenvalue weighted by Gasteiger charge is 2.14. The monoisotopic (exact) mass is 279 g/mol. The van der Waals surface area contributed by atoms with Crippen LogP contribution >= 0.6 is 0 Å². The Morgan fingerprint density at radius 2 is 2.20 bits per heavy atom. The first-order chi connectivity index (χ1) is 9.38. The number of H-pyrrole nitrogens is 1. The Bertz CT molecular complexity index is 730. The third-order valence-corrected chi connectivity index (χ3v) is 2.56. The number of aliphatic carboxylic acids is 1. The van der Waals surface area contributed by atoms with Crippen molar-refractivity contribution in [3.05, 3.63) is 16.6 Å². The third-order valence-electron chi connectivity index (χ3n) is 2.56. The van der Waals surface area contributed by atoms with E-state index >= 15 is 0 Å². The molecule has 1 amide bonds. The smallest absolute Gasteiger partial charge is 0.325 e. The topological polar surface area (TPSA) is 130 Å². The molecule has 0 aromatic carbocycles. The highest BCUT2D eigenvalue weighted by molar-refractivity contribution is 5.91. The summed E-state index contributed by atoms with van der Waals surface area (Å²) in [4.78, 5) is 40.5. The van der Waals surface area contributed by atoms with Gasteiger partial charge in [-0.25, -0.2) is 4.68 Å². The number of aromatic nitrogens is 4. The number of hydrogen-bond acceptors (Lipinski definition) is 5. The Labute approximate surface area is 112 Å². The molecule has 0 saturated heterocycles. The van der Waals surface area contributed by atoms with Gasteiger partial charge < -0.3 is 5.11 Å². The number of carbonyl (C=O) groups is 2. The molecule has 9 heteroatoms. The molecule has 0 spiro atoms. The zero-order valence-corrected chi connectivity index (χ0v) is 10.9. The molecule has 0 radical (unpaired) electrons. The van der Waals surface area contributed by atoms with Gasteiger partial charge in [0.05, 0.1) is 6.20 Å². The van der Waals surface area contributed by atoms with Crippen LogP contribution in [0.3, 0.4) is 0 Å². The molecule has 0 aliphatic rings. The zero-order valence-electron chi connectivity index (χ0n) is 10.9. The number of carboxylic acid groups (broad SMARTS) is 1. The van der Waals surface area contributed by atoms with Crippen molar-refractivity contribution in [3.63, 3.8) is 0 Å². The first-order valence-electron chi connectivity index (χ1n) is 5.87. The molecule has 3 N–H and O–H groups in total. The number of amides is 1. The maximum atomic E-state index is 11.8. The molecule has 0 fully saturated rings. The van der Waals surface area contributed by atoms with Crippen LogP contribution in [0.5, 0.6) is 0 Å². The van der Waals surface area contributed by atoms with Crippen LogP contribution < -0.4 is 10.9 Å². The number of carbonyl (C=O) groups excluding carboxylic acids is 1. The molecule has 0 saturated carbocycles. The van der Waals surface area contributed by atoms with Gasteiger partial charge in [-0.15, -0.1) is 0 Å². The average Bonchev–Trinajstić information content (AvgIpc) is 2.72. The lowest BCUT2D eigenvalue weighted by atomic mass is 10.2. The van der Waals surface area contributed by atoms with Crippen molar-refractivity contribution in [1.29, 1.82) is 0 Å². The average molecular weight is 279 g/mol. The summed E-state index contributed by atoms with van der Waals surface area (Å²) in [5.74, 6) is -1.73. The number of carboxylic acids is 1. The molecule has 0 unspecified atom stereocenters. The van der Waals surface area contributed by atoms with E-state index in [1.807, 2.05) is 0 Å². The van der Waals surface area contributed by atoms with Gasteiger partial charge in [-0.3, -0.25) is 24.7 Å². The molecule has 9 nitrogen and oxygen atoms in total. The van der Waals surface area contributed by atoms with Gasteiger partial charge in [0.25, 0.3) is 5.56 Å². The largest absolute Gasteiger partial charge is 0.480 e. The van der Waals surface area contributed by atoms with Crippen molar-refractivity contribution in [3.8, 4) is 0 Å². The first-order valence-corrected chi connectivity index (χ1v) is 5.87. The van der Waals surface area contributed by atoms with Crippen molar-refractivity contribution in [2.45, 2.75) is 20.4 Å². The van der Waals surface area contributed by atoms with Gasteiger partial charge >= 0.3 is 5.97 Å². The number of hydrogen-bond donors (Lipinski definition) is 3. The number of rotatable bonds is 4. The standard InChI is InChI=1S/C11H13N5O4/c1-5(2)9(19)14-11-13-8-6(10(20)15-11)3-12-16(8)4-7(17)18/h3,5H,4H2,1-2H3,(H,17,18)(H2,13,14,15,19,20). The maximum absolute atomic E-state index is 11.8. The SMILES string of the molecule is CC(C)C(=O)Nc1nc2c(cnn2CC(=O)O)c(=O)[nH]1.